The smallest absolute Gasteiger partial charge is 0.252 e. The van der Waals surface area contributed by atoms with Crippen LogP contribution in [-0.2, 0) is 6.54 Å². The molecule has 0 radical (unpaired) electrons. The van der Waals surface area contributed by atoms with Gasteiger partial charge < -0.3 is 5.32 Å². The lowest BCUT2D eigenvalue weighted by molar-refractivity contribution is 0.770. The zero-order chi connectivity index (χ0) is 9.42. The third kappa shape index (κ3) is 1.01. The number of nitrogens with one attached hydrogen (secondary N) is 1. The molecule has 0 saturated heterocycles. The predicted molar refractivity (Wildman–Crippen MR) is 48.6 cm³/mol. The minimum absolute atomic E-state index is 0.0310. The van der Waals surface area contributed by atoms with E-state index >= 15 is 0 Å². The quantitative estimate of drug-likeness (QED) is 0.623. The molecule has 4 heteroatoms. The number of pyridine rings is 1. The van der Waals surface area contributed by atoms with Gasteiger partial charge in [0.25, 0.3) is 5.56 Å². The predicted octanol–water partition coefficient (Wildman–Crippen LogP) is 0.454. The summed E-state index contributed by atoms with van der Waals surface area (Å²) >= 11 is 0. The van der Waals surface area contributed by atoms with Crippen molar-refractivity contribution in [2.75, 3.05) is 11.9 Å². The van der Waals surface area contributed by atoms with Crippen LogP contribution < -0.4 is 10.9 Å². The Hall–Kier alpha value is -1.76. The molecule has 0 aromatic carbocycles. The highest BCUT2D eigenvalue weighted by molar-refractivity contribution is 5.57. The summed E-state index contributed by atoms with van der Waals surface area (Å²) in [5.41, 5.74) is 1.29. The molecular formula is C9H9N3O. The fraction of sp³-hybridized carbons (Fsp3) is 0.333. The lowest BCUT2D eigenvalue weighted by atomic mass is 10.1. The lowest BCUT2D eigenvalue weighted by Crippen LogP contribution is -2.18. The summed E-state index contributed by atoms with van der Waals surface area (Å²) in [4.78, 5) is 11.4. The van der Waals surface area contributed by atoms with Gasteiger partial charge in [-0.25, -0.2) is 0 Å². The first kappa shape index (κ1) is 7.87. The first-order chi connectivity index (χ1) is 6.24. The van der Waals surface area contributed by atoms with E-state index in [1.165, 1.54) is 6.07 Å². The summed E-state index contributed by atoms with van der Waals surface area (Å²) in [6, 6.07) is 3.61. The molecule has 0 spiro atoms. The highest BCUT2D eigenvalue weighted by atomic mass is 16.1. The minimum atomic E-state index is -0.0310. The van der Waals surface area contributed by atoms with E-state index in [0.717, 1.165) is 12.1 Å². The zero-order valence-corrected chi connectivity index (χ0v) is 7.29. The van der Waals surface area contributed by atoms with Crippen LogP contribution >= 0.6 is 0 Å². The summed E-state index contributed by atoms with van der Waals surface area (Å²) in [5, 5.41) is 11.9. The molecule has 0 amide bonds. The highest BCUT2D eigenvalue weighted by Gasteiger charge is 2.16. The molecule has 2 heterocycles. The molecule has 2 rings (SSSR count). The molecule has 1 aliphatic rings. The van der Waals surface area contributed by atoms with E-state index in [0.29, 0.717) is 17.9 Å². The van der Waals surface area contributed by atoms with E-state index in [2.05, 4.69) is 11.4 Å². The SMILES string of the molecule is Cc1cc(=O)n2c(c1C#N)NCC2. The molecule has 13 heavy (non-hydrogen) atoms. The van der Waals surface area contributed by atoms with Gasteiger partial charge in [-0.15, -0.1) is 0 Å². The van der Waals surface area contributed by atoms with Crippen molar-refractivity contribution in [1.29, 1.82) is 5.26 Å². The zero-order valence-electron chi connectivity index (χ0n) is 7.29. The molecule has 0 atom stereocenters. The first-order valence-electron chi connectivity index (χ1n) is 4.12. The van der Waals surface area contributed by atoms with Crippen molar-refractivity contribution in [3.05, 3.63) is 27.5 Å². The van der Waals surface area contributed by atoms with Crippen molar-refractivity contribution in [2.24, 2.45) is 0 Å². The number of nitriles is 1. The van der Waals surface area contributed by atoms with Crippen molar-refractivity contribution >= 4 is 5.82 Å². The molecule has 66 valence electrons. The van der Waals surface area contributed by atoms with Gasteiger partial charge in [-0.3, -0.25) is 9.36 Å². The average molecular weight is 175 g/mol. The molecule has 1 aromatic heterocycles. The summed E-state index contributed by atoms with van der Waals surface area (Å²) in [6.07, 6.45) is 0. The maximum atomic E-state index is 11.4. The molecular weight excluding hydrogens is 166 g/mol. The van der Waals surface area contributed by atoms with Gasteiger partial charge in [-0.1, -0.05) is 0 Å². The monoisotopic (exact) mass is 175 g/mol. The standard InChI is InChI=1S/C9H9N3O/c1-6-4-8(13)12-3-2-11-9(12)7(6)5-10/h4,11H,2-3H2,1H3. The molecule has 1 aliphatic heterocycles. The molecule has 1 aromatic rings. The lowest BCUT2D eigenvalue weighted by Gasteiger charge is -2.05. The maximum absolute atomic E-state index is 11.4. The van der Waals surface area contributed by atoms with Crippen LogP contribution in [0.5, 0.6) is 0 Å². The number of hydrogen-bond acceptors (Lipinski definition) is 3. The van der Waals surface area contributed by atoms with Gasteiger partial charge >= 0.3 is 0 Å². The number of rotatable bonds is 0. The molecule has 0 fully saturated rings. The van der Waals surface area contributed by atoms with E-state index in [1.54, 1.807) is 11.5 Å². The molecule has 0 bridgehead atoms. The van der Waals surface area contributed by atoms with Gasteiger partial charge in [0.2, 0.25) is 0 Å². The maximum Gasteiger partial charge on any atom is 0.252 e. The largest absolute Gasteiger partial charge is 0.368 e. The summed E-state index contributed by atoms with van der Waals surface area (Å²) < 4.78 is 1.60. The Labute approximate surface area is 75.4 Å². The fourth-order valence-electron chi connectivity index (χ4n) is 1.60. The van der Waals surface area contributed by atoms with Crippen molar-refractivity contribution in [3.8, 4) is 6.07 Å². The number of anilines is 1. The molecule has 4 nitrogen and oxygen atoms in total. The second-order valence-corrected chi connectivity index (χ2v) is 3.08. The van der Waals surface area contributed by atoms with Crippen LogP contribution in [0.2, 0.25) is 0 Å². The van der Waals surface area contributed by atoms with Crippen LogP contribution in [0.15, 0.2) is 10.9 Å². The number of aryl methyl sites for hydroxylation is 1. The van der Waals surface area contributed by atoms with Crippen LogP contribution in [0.3, 0.4) is 0 Å². The van der Waals surface area contributed by atoms with Crippen LogP contribution in [-0.4, -0.2) is 11.1 Å². The van der Waals surface area contributed by atoms with Crippen molar-refractivity contribution in [3.63, 3.8) is 0 Å². The average Bonchev–Trinajstić information content (AvgIpc) is 2.53. The fourth-order valence-corrected chi connectivity index (χ4v) is 1.60. The number of aromatic nitrogens is 1. The van der Waals surface area contributed by atoms with E-state index in [1.807, 2.05) is 0 Å². The van der Waals surface area contributed by atoms with E-state index in [4.69, 9.17) is 5.26 Å². The van der Waals surface area contributed by atoms with Crippen molar-refractivity contribution in [1.82, 2.24) is 4.57 Å². The summed E-state index contributed by atoms with van der Waals surface area (Å²) in [6.45, 7) is 3.16. The third-order valence-electron chi connectivity index (χ3n) is 2.25. The van der Waals surface area contributed by atoms with Crippen molar-refractivity contribution in [2.45, 2.75) is 13.5 Å². The molecule has 0 aliphatic carbocycles. The Morgan fingerprint density at radius 1 is 1.69 bits per heavy atom. The number of nitrogens with zero attached hydrogens (tertiary/aromatic N) is 2. The van der Waals surface area contributed by atoms with Gasteiger partial charge in [0.05, 0.1) is 5.56 Å². The Kier molecular flexibility index (Phi) is 1.59. The van der Waals surface area contributed by atoms with Crippen LogP contribution in [0.4, 0.5) is 5.82 Å². The van der Waals surface area contributed by atoms with Crippen molar-refractivity contribution < 1.29 is 0 Å². The second-order valence-electron chi connectivity index (χ2n) is 3.08. The van der Waals surface area contributed by atoms with E-state index in [-0.39, 0.29) is 5.56 Å². The Bertz CT molecular complexity index is 453. The minimum Gasteiger partial charge on any atom is -0.368 e. The third-order valence-corrected chi connectivity index (χ3v) is 2.25. The van der Waals surface area contributed by atoms with Crippen LogP contribution in [0.25, 0.3) is 0 Å². The van der Waals surface area contributed by atoms with Gasteiger partial charge in [0.1, 0.15) is 11.9 Å². The molecule has 0 unspecified atom stereocenters. The van der Waals surface area contributed by atoms with Gasteiger partial charge in [-0.05, 0) is 12.5 Å². The van der Waals surface area contributed by atoms with E-state index < -0.39 is 0 Å². The highest BCUT2D eigenvalue weighted by Crippen LogP contribution is 2.19. The van der Waals surface area contributed by atoms with Crippen LogP contribution in [0.1, 0.15) is 11.1 Å². The first-order valence-corrected chi connectivity index (χ1v) is 4.12. The Balaban J connectivity index is 2.81. The summed E-state index contributed by atoms with van der Waals surface area (Å²) in [5.74, 6) is 0.674. The van der Waals surface area contributed by atoms with Gasteiger partial charge in [0, 0.05) is 19.2 Å². The number of fused-ring (bicyclic) bond motifs is 1. The van der Waals surface area contributed by atoms with E-state index in [9.17, 15) is 4.79 Å². The summed E-state index contributed by atoms with van der Waals surface area (Å²) in [7, 11) is 0. The Morgan fingerprint density at radius 2 is 2.46 bits per heavy atom. The molecule has 1 N–H and O–H groups in total. The molecule has 0 saturated carbocycles. The normalized spacial score (nSPS) is 13.2. The second kappa shape index (κ2) is 2.63. The number of hydrogen-bond donors (Lipinski definition) is 1. The Morgan fingerprint density at radius 3 is 3.15 bits per heavy atom. The van der Waals surface area contributed by atoms with Gasteiger partial charge in [-0.2, -0.15) is 5.26 Å². The van der Waals surface area contributed by atoms with Crippen LogP contribution in [0, 0.1) is 18.3 Å². The van der Waals surface area contributed by atoms with Gasteiger partial charge in [0.15, 0.2) is 0 Å². The topological polar surface area (TPSA) is 57.8 Å².